The average molecular weight is 339 g/mol. The van der Waals surface area contributed by atoms with E-state index in [2.05, 4.69) is 0 Å². The Labute approximate surface area is 139 Å². The van der Waals surface area contributed by atoms with Crippen LogP contribution in [0.5, 0.6) is 0 Å². The first kappa shape index (κ1) is 16.8. The van der Waals surface area contributed by atoms with Crippen LogP contribution in [0.1, 0.15) is 19.4 Å². The predicted octanol–water partition coefficient (Wildman–Crippen LogP) is 3.54. The van der Waals surface area contributed by atoms with Crippen LogP contribution < -0.4 is 0 Å². The van der Waals surface area contributed by atoms with Gasteiger partial charge in [-0.3, -0.25) is 4.79 Å². The average Bonchev–Trinajstić information content (AvgIpc) is 2.45. The van der Waals surface area contributed by atoms with Gasteiger partial charge >= 0.3 is 0 Å². The quantitative estimate of drug-likeness (QED) is 0.612. The van der Waals surface area contributed by atoms with E-state index in [0.29, 0.717) is 28.7 Å². The smallest absolute Gasteiger partial charge is 0.264 e. The summed E-state index contributed by atoms with van der Waals surface area (Å²) in [6, 6.07) is 6.98. The molecule has 116 valence electrons. The minimum atomic E-state index is -0.333. The first-order valence-electron chi connectivity index (χ1n) is 6.93. The molecule has 2 rings (SSSR count). The normalized spacial score (nSPS) is 22.3. The van der Waals surface area contributed by atoms with Crippen LogP contribution in [-0.2, 0) is 9.53 Å². The third-order valence-corrected chi connectivity index (χ3v) is 4.01. The van der Waals surface area contributed by atoms with E-state index in [1.165, 1.54) is 6.08 Å². The highest BCUT2D eigenvalue weighted by Crippen LogP contribution is 2.27. The second-order valence-electron chi connectivity index (χ2n) is 5.27. The molecule has 1 aromatic rings. The number of carbonyl (C=O) groups excluding carboxylic acids is 1. The molecule has 1 aliphatic rings. The van der Waals surface area contributed by atoms with Crippen molar-refractivity contribution in [2.45, 2.75) is 26.1 Å². The lowest BCUT2D eigenvalue weighted by Crippen LogP contribution is -2.48. The topological polar surface area (TPSA) is 53.3 Å². The van der Waals surface area contributed by atoms with Crippen molar-refractivity contribution in [3.05, 3.63) is 39.4 Å². The maximum absolute atomic E-state index is 12.5. The first-order chi connectivity index (χ1) is 10.4. The largest absolute Gasteiger partial charge is 0.372 e. The van der Waals surface area contributed by atoms with Crippen molar-refractivity contribution in [3.8, 4) is 6.07 Å². The summed E-state index contributed by atoms with van der Waals surface area (Å²) in [6.45, 7) is 4.71. The Morgan fingerprint density at radius 1 is 1.32 bits per heavy atom. The highest BCUT2D eigenvalue weighted by atomic mass is 35.5. The lowest BCUT2D eigenvalue weighted by Gasteiger charge is -2.35. The van der Waals surface area contributed by atoms with E-state index in [9.17, 15) is 10.1 Å². The van der Waals surface area contributed by atoms with Gasteiger partial charge in [-0.25, -0.2) is 0 Å². The number of ether oxygens (including phenoxy) is 1. The number of hydrogen-bond acceptors (Lipinski definition) is 3. The summed E-state index contributed by atoms with van der Waals surface area (Å²) in [7, 11) is 0. The number of nitriles is 1. The van der Waals surface area contributed by atoms with Gasteiger partial charge in [0.1, 0.15) is 11.6 Å². The SMILES string of the molecule is C[C@@H]1CN(C(=O)/C(C#N)=C\c2c(Cl)cccc2Cl)C[C@H](C)O1. The van der Waals surface area contributed by atoms with Crippen molar-refractivity contribution in [1.82, 2.24) is 4.90 Å². The van der Waals surface area contributed by atoms with Gasteiger partial charge in [0.2, 0.25) is 0 Å². The summed E-state index contributed by atoms with van der Waals surface area (Å²) in [5.41, 5.74) is 0.487. The fourth-order valence-corrected chi connectivity index (χ4v) is 2.96. The molecule has 22 heavy (non-hydrogen) atoms. The van der Waals surface area contributed by atoms with Crippen molar-refractivity contribution >= 4 is 35.2 Å². The van der Waals surface area contributed by atoms with Gasteiger partial charge < -0.3 is 9.64 Å². The van der Waals surface area contributed by atoms with Crippen molar-refractivity contribution in [3.63, 3.8) is 0 Å². The molecule has 0 saturated carbocycles. The molecule has 0 spiro atoms. The van der Waals surface area contributed by atoms with E-state index in [-0.39, 0.29) is 23.7 Å². The summed E-state index contributed by atoms with van der Waals surface area (Å²) < 4.78 is 5.60. The minimum Gasteiger partial charge on any atom is -0.372 e. The van der Waals surface area contributed by atoms with E-state index < -0.39 is 0 Å². The standard InChI is InChI=1S/C16H16Cl2N2O2/c1-10-8-20(9-11(2)22-10)16(21)12(7-19)6-13-14(17)4-3-5-15(13)18/h3-6,10-11H,8-9H2,1-2H3/b12-6-/t10-,11+. The highest BCUT2D eigenvalue weighted by molar-refractivity contribution is 6.37. The van der Waals surface area contributed by atoms with Crippen LogP contribution in [0.15, 0.2) is 23.8 Å². The molecule has 1 saturated heterocycles. The lowest BCUT2D eigenvalue weighted by molar-refractivity contribution is -0.138. The zero-order valence-corrected chi connectivity index (χ0v) is 13.9. The van der Waals surface area contributed by atoms with Crippen molar-refractivity contribution < 1.29 is 9.53 Å². The molecule has 1 aliphatic heterocycles. The molecule has 0 aromatic heterocycles. The van der Waals surface area contributed by atoms with Gasteiger partial charge in [-0.1, -0.05) is 29.3 Å². The second kappa shape index (κ2) is 7.15. The van der Waals surface area contributed by atoms with E-state index in [0.717, 1.165) is 0 Å². The minimum absolute atomic E-state index is 0.0105. The van der Waals surface area contributed by atoms with E-state index in [1.807, 2.05) is 19.9 Å². The molecule has 0 radical (unpaired) electrons. The fourth-order valence-electron chi connectivity index (χ4n) is 2.45. The van der Waals surface area contributed by atoms with Gasteiger partial charge in [-0.2, -0.15) is 5.26 Å². The summed E-state index contributed by atoms with van der Waals surface area (Å²) in [5, 5.41) is 10.1. The van der Waals surface area contributed by atoms with Crippen molar-refractivity contribution in [2.24, 2.45) is 0 Å². The fraction of sp³-hybridized carbons (Fsp3) is 0.375. The van der Waals surface area contributed by atoms with Crippen LogP contribution in [0.2, 0.25) is 10.0 Å². The van der Waals surface area contributed by atoms with Gasteiger partial charge in [0.25, 0.3) is 5.91 Å². The van der Waals surface area contributed by atoms with Gasteiger partial charge in [0.05, 0.1) is 12.2 Å². The zero-order valence-electron chi connectivity index (χ0n) is 12.3. The third kappa shape index (κ3) is 3.80. The number of hydrogen-bond donors (Lipinski definition) is 0. The summed E-state index contributed by atoms with van der Waals surface area (Å²) >= 11 is 12.2. The van der Waals surface area contributed by atoms with E-state index in [4.69, 9.17) is 27.9 Å². The summed E-state index contributed by atoms with van der Waals surface area (Å²) in [5.74, 6) is -0.333. The Kier molecular flexibility index (Phi) is 5.47. The Hall–Kier alpha value is -1.54. The number of amides is 1. The monoisotopic (exact) mass is 338 g/mol. The van der Waals surface area contributed by atoms with Gasteiger partial charge in [0, 0.05) is 28.7 Å². The summed E-state index contributed by atoms with van der Waals surface area (Å²) in [6.07, 6.45) is 1.32. The second-order valence-corrected chi connectivity index (χ2v) is 6.09. The molecule has 0 unspecified atom stereocenters. The van der Waals surface area contributed by atoms with Crippen LogP contribution in [0.25, 0.3) is 6.08 Å². The lowest BCUT2D eigenvalue weighted by atomic mass is 10.1. The van der Waals surface area contributed by atoms with Gasteiger partial charge in [-0.05, 0) is 32.1 Å². The number of rotatable bonds is 2. The highest BCUT2D eigenvalue weighted by Gasteiger charge is 2.28. The molecular formula is C16H16Cl2N2O2. The van der Waals surface area contributed by atoms with Crippen molar-refractivity contribution in [1.29, 1.82) is 5.26 Å². The van der Waals surface area contributed by atoms with Crippen LogP contribution in [0.3, 0.4) is 0 Å². The number of halogens is 2. The Morgan fingerprint density at radius 3 is 2.36 bits per heavy atom. The number of nitrogens with zero attached hydrogens (tertiary/aromatic N) is 2. The maximum atomic E-state index is 12.5. The van der Waals surface area contributed by atoms with Gasteiger partial charge in [0.15, 0.2) is 0 Å². The van der Waals surface area contributed by atoms with Crippen LogP contribution in [-0.4, -0.2) is 36.1 Å². The molecule has 1 amide bonds. The molecule has 4 nitrogen and oxygen atoms in total. The molecule has 0 bridgehead atoms. The molecule has 2 atom stereocenters. The Morgan fingerprint density at radius 2 is 1.86 bits per heavy atom. The third-order valence-electron chi connectivity index (χ3n) is 3.35. The van der Waals surface area contributed by atoms with Crippen LogP contribution >= 0.6 is 23.2 Å². The van der Waals surface area contributed by atoms with E-state index >= 15 is 0 Å². The predicted molar refractivity (Wildman–Crippen MR) is 86.6 cm³/mol. The molecule has 1 aromatic carbocycles. The maximum Gasteiger partial charge on any atom is 0.264 e. The molecule has 1 heterocycles. The molecule has 6 heteroatoms. The molecule has 1 fully saturated rings. The number of carbonyl (C=O) groups is 1. The first-order valence-corrected chi connectivity index (χ1v) is 7.68. The Balaban J connectivity index is 2.30. The molecule has 0 N–H and O–H groups in total. The number of morpholine rings is 1. The summed E-state index contributed by atoms with van der Waals surface area (Å²) in [4.78, 5) is 14.2. The number of benzene rings is 1. The molecular weight excluding hydrogens is 323 g/mol. The zero-order chi connectivity index (χ0) is 16.3. The van der Waals surface area contributed by atoms with Gasteiger partial charge in [-0.15, -0.1) is 0 Å². The van der Waals surface area contributed by atoms with Crippen molar-refractivity contribution in [2.75, 3.05) is 13.1 Å². The van der Waals surface area contributed by atoms with Crippen LogP contribution in [0, 0.1) is 11.3 Å². The molecule has 0 aliphatic carbocycles. The van der Waals surface area contributed by atoms with E-state index in [1.54, 1.807) is 23.1 Å². The Bertz CT molecular complexity index is 622. The van der Waals surface area contributed by atoms with Crippen LogP contribution in [0.4, 0.5) is 0 Å².